The molecule has 6 amide bonds. The number of carbonyl (C=O) groups is 7. The number of aliphatic imine (C=N–C) groups is 1. The lowest BCUT2D eigenvalue weighted by atomic mass is 10.1. The summed E-state index contributed by atoms with van der Waals surface area (Å²) < 4.78 is 117. The van der Waals surface area contributed by atoms with Gasteiger partial charge in [-0.15, -0.1) is 12.4 Å². The zero-order valence-corrected chi connectivity index (χ0v) is 54.3. The third kappa shape index (κ3) is 19.6. The molecule has 4 N–H and O–H groups in total. The highest BCUT2D eigenvalue weighted by molar-refractivity contribution is 6.31. The second-order valence-electron chi connectivity index (χ2n) is 23.5. The Balaban J connectivity index is 0.000000222. The number of aromatic nitrogens is 2. The molecule has 11 rings (SSSR count). The number of hydrogen-bond donors (Lipinski definition) is 4. The molecule has 7 heterocycles. The lowest BCUT2D eigenvalue weighted by Gasteiger charge is -2.32. The van der Waals surface area contributed by atoms with Crippen molar-refractivity contribution in [2.45, 2.75) is 141 Å². The van der Waals surface area contributed by atoms with Crippen molar-refractivity contribution in [1.82, 2.24) is 39.8 Å². The van der Waals surface area contributed by atoms with Crippen molar-refractivity contribution in [2.24, 2.45) is 4.99 Å². The lowest BCUT2D eigenvalue weighted by Crippen LogP contribution is -2.47. The van der Waals surface area contributed by atoms with Gasteiger partial charge in [0.05, 0.1) is 48.0 Å². The van der Waals surface area contributed by atoms with E-state index in [1.165, 1.54) is 109 Å². The number of amides is 6. The van der Waals surface area contributed by atoms with Gasteiger partial charge < -0.3 is 49.8 Å². The molecule has 30 heteroatoms. The number of alkyl halides is 6. The molecule has 5 fully saturated rings. The average Bonchev–Trinajstić information content (AvgIpc) is 1.65. The quantitative estimate of drug-likeness (QED) is 0.0349. The van der Waals surface area contributed by atoms with E-state index >= 15 is 0 Å². The van der Waals surface area contributed by atoms with Gasteiger partial charge in [0.15, 0.2) is 11.6 Å². The second-order valence-corrected chi connectivity index (χ2v) is 24.3. The number of nitrogens with one attached hydrogen (secondary N) is 4. The zero-order valence-electron chi connectivity index (χ0n) is 52.0. The third-order valence-corrected chi connectivity index (χ3v) is 17.0. The summed E-state index contributed by atoms with van der Waals surface area (Å²) in [5, 5.41) is 11.0. The number of fused-ring (bicyclic) bond motifs is 2. The number of carbonyl (C=O) groups excluding carboxylic acids is 8. The van der Waals surface area contributed by atoms with Crippen LogP contribution in [0.25, 0.3) is 21.8 Å². The third-order valence-electron chi connectivity index (χ3n) is 16.4. The molecule has 5 atom stereocenters. The Hall–Kier alpha value is -7.94. The van der Waals surface area contributed by atoms with Crippen molar-refractivity contribution in [2.75, 3.05) is 51.2 Å². The Kier molecular flexibility index (Phi) is 26.0. The molecular weight excluding hydrogens is 1320 g/mol. The predicted octanol–water partition coefficient (Wildman–Crippen LogP) is 11.6. The van der Waals surface area contributed by atoms with Crippen LogP contribution in [0.15, 0.2) is 90.2 Å². The molecule has 0 bridgehead atoms. The van der Waals surface area contributed by atoms with Crippen molar-refractivity contribution < 1.29 is 78.2 Å². The Morgan fingerprint density at radius 2 is 1.22 bits per heavy atom. The smallest absolute Gasteiger partial charge is 0.322 e. The van der Waals surface area contributed by atoms with Gasteiger partial charge in [-0.25, -0.2) is 44.7 Å². The highest BCUT2D eigenvalue weighted by atomic mass is 35.5. The van der Waals surface area contributed by atoms with Crippen LogP contribution in [0.5, 0.6) is 0 Å². The summed E-state index contributed by atoms with van der Waals surface area (Å²) in [7, 11) is 0. The number of ketones is 2. The fraction of sp³-hybridized carbons (Fsp3) is 0.446. The molecule has 0 saturated carbocycles. The molecule has 512 valence electrons. The molecule has 1 unspecified atom stereocenters. The highest BCUT2D eigenvalue weighted by Gasteiger charge is 2.42. The maximum Gasteiger partial charge on any atom is 0.322 e. The molecular formula is C65H71Cl3F8N10O9. The molecule has 4 aromatic carbocycles. The molecule has 5 aliphatic heterocycles. The number of likely N-dealkylation sites (tertiary alicyclic amines) is 3. The van der Waals surface area contributed by atoms with Crippen LogP contribution in [0.3, 0.4) is 0 Å². The van der Waals surface area contributed by atoms with Gasteiger partial charge in [-0.2, -0.15) is 4.99 Å². The monoisotopic (exact) mass is 1390 g/mol. The number of benzene rings is 4. The summed E-state index contributed by atoms with van der Waals surface area (Å²) in [6, 6.07) is 15.1. The number of anilines is 1. The largest absolute Gasteiger partial charge is 0.379 e. The number of ether oxygens (including phenoxy) is 1. The molecule has 0 spiro atoms. The number of piperidine rings is 2. The van der Waals surface area contributed by atoms with Crippen LogP contribution in [0.4, 0.5) is 51.3 Å². The number of rotatable bonds is 14. The van der Waals surface area contributed by atoms with Crippen molar-refractivity contribution in [3.05, 3.63) is 129 Å². The number of halogens is 11. The van der Waals surface area contributed by atoms with E-state index in [1.807, 2.05) is 0 Å². The van der Waals surface area contributed by atoms with Crippen LogP contribution in [-0.4, -0.2) is 159 Å². The van der Waals surface area contributed by atoms with E-state index in [0.29, 0.717) is 45.6 Å². The van der Waals surface area contributed by atoms with E-state index < -0.39 is 84.1 Å². The first kappa shape index (κ1) is 74.5. The Morgan fingerprint density at radius 1 is 0.705 bits per heavy atom. The van der Waals surface area contributed by atoms with Gasteiger partial charge in [-0.05, 0) is 102 Å². The molecule has 95 heavy (non-hydrogen) atoms. The van der Waals surface area contributed by atoms with E-state index in [-0.39, 0.29) is 141 Å². The van der Waals surface area contributed by atoms with Crippen LogP contribution >= 0.6 is 35.6 Å². The Bertz CT molecular complexity index is 3840. The fourth-order valence-electron chi connectivity index (χ4n) is 11.6. The first-order chi connectivity index (χ1) is 44.6. The van der Waals surface area contributed by atoms with E-state index in [1.54, 1.807) is 18.2 Å². The summed E-state index contributed by atoms with van der Waals surface area (Å²) in [6.07, 6.45) is 4.77. The topological polar surface area (TPSA) is 226 Å². The number of nitrogens with zero attached hydrogens (tertiary/aromatic N) is 6. The maximum absolute atomic E-state index is 14.5. The first-order valence-corrected chi connectivity index (χ1v) is 31.2. The second kappa shape index (κ2) is 33.1. The predicted molar refractivity (Wildman–Crippen MR) is 342 cm³/mol. The van der Waals surface area contributed by atoms with Gasteiger partial charge in [0, 0.05) is 114 Å². The standard InChI is InChI=1S/C30H30ClF4N5O4.C25H21ClF2N4O4.C5H9F2N.C5H10O.ClH/c1-17(41)22-14-39(24-7-6-20(11-21(22)24)37-29(44)38-9-3-8-30(34,35)16-38)15-26(42)40-13-19(32)10-25(40)28(43)36-12-18-4-2-5-23(31)27(18)33;1-14(34)19-11-31(21-6-5-17(30-13-33)8-18(19)21)12-23(35)32-10-16(27)7-22(32)25(36)29-9-15-3-2-4-20(26)24(15)28;6-5(7)2-1-3-8-4-5;1-5-3-2-4-6-5;/h2,4-7,11,14,19,25H,3,8-10,12-13,15-16H2,1H3,(H,36,43)(H,37,44);2-6,8,11,16,22H,7,9-10,12H2,1H3,(H,29,36);8H,1-4H2;5H,2-4H2,1H3;1H/t19-,25+;16-,22+;;;/m11.../s1. The minimum atomic E-state index is -2.96. The van der Waals surface area contributed by atoms with Crippen LogP contribution < -0.4 is 21.3 Å². The molecule has 19 nitrogen and oxygen atoms in total. The summed E-state index contributed by atoms with van der Waals surface area (Å²) in [6.45, 7) is 4.40. The van der Waals surface area contributed by atoms with Crippen molar-refractivity contribution in [3.63, 3.8) is 0 Å². The molecule has 2 aromatic heterocycles. The summed E-state index contributed by atoms with van der Waals surface area (Å²) in [5.74, 6) is -9.67. The Labute approximate surface area is 557 Å². The molecule has 5 saturated heterocycles. The van der Waals surface area contributed by atoms with E-state index in [0.717, 1.165) is 27.9 Å². The van der Waals surface area contributed by atoms with Crippen LogP contribution in [-0.2, 0) is 54.9 Å². The van der Waals surface area contributed by atoms with Gasteiger partial charge in [0.2, 0.25) is 29.7 Å². The number of hydrogen-bond acceptors (Lipinski definition) is 11. The van der Waals surface area contributed by atoms with Crippen LogP contribution in [0.2, 0.25) is 10.0 Å². The summed E-state index contributed by atoms with van der Waals surface area (Å²) in [5.41, 5.74) is 2.44. The highest BCUT2D eigenvalue weighted by Crippen LogP contribution is 2.32. The maximum atomic E-state index is 14.5. The summed E-state index contributed by atoms with van der Waals surface area (Å²) in [4.78, 5) is 107. The van der Waals surface area contributed by atoms with E-state index in [9.17, 15) is 73.5 Å². The van der Waals surface area contributed by atoms with E-state index in [2.05, 4.69) is 33.2 Å². The molecule has 5 aliphatic rings. The minimum Gasteiger partial charge on any atom is -0.379 e. The zero-order chi connectivity index (χ0) is 68.2. The Morgan fingerprint density at radius 3 is 1.65 bits per heavy atom. The minimum absolute atomic E-state index is 0. The van der Waals surface area contributed by atoms with Crippen molar-refractivity contribution >= 4 is 116 Å². The number of isocyanates is 1. The average molecular weight is 1390 g/mol. The summed E-state index contributed by atoms with van der Waals surface area (Å²) >= 11 is 11.6. The van der Waals surface area contributed by atoms with Crippen LogP contribution in [0, 0.1) is 11.6 Å². The molecule has 6 aromatic rings. The van der Waals surface area contributed by atoms with Crippen molar-refractivity contribution in [3.8, 4) is 0 Å². The van der Waals surface area contributed by atoms with Gasteiger partial charge in [-0.3, -0.25) is 28.8 Å². The normalized spacial score (nSPS) is 20.1. The van der Waals surface area contributed by atoms with Gasteiger partial charge in [-0.1, -0.05) is 47.5 Å². The van der Waals surface area contributed by atoms with Crippen molar-refractivity contribution in [1.29, 1.82) is 0 Å². The number of urea groups is 1. The molecule has 0 aliphatic carbocycles. The van der Waals surface area contributed by atoms with Gasteiger partial charge in [0.1, 0.15) is 49.2 Å². The van der Waals surface area contributed by atoms with Gasteiger partial charge in [0.25, 0.3) is 11.8 Å². The van der Waals surface area contributed by atoms with Gasteiger partial charge >= 0.3 is 6.03 Å². The lowest BCUT2D eigenvalue weighted by molar-refractivity contribution is -0.139. The SMILES string of the molecule is CC(=O)c1cn(CC(=O)N2C[C@H](F)C[C@H]2C(=O)NCc2cccc(Cl)c2F)c2ccc(N=C=O)cc12.CC(=O)c1cn(CC(=O)N2C[C@H](F)C[C@H]2C(=O)NCc2cccc(Cl)c2F)c2ccc(NC(=O)N3CCCC(F)(F)C3)cc12.CC1CCCO1.Cl.FC1(F)CCCNC1. The van der Waals surface area contributed by atoms with Crippen LogP contribution in [0.1, 0.15) is 104 Å². The first-order valence-electron chi connectivity index (χ1n) is 30.4. The molecule has 0 radical (unpaired) electrons. The van der Waals surface area contributed by atoms with E-state index in [4.69, 9.17) is 27.9 Å². The number of Topliss-reactive ketones (excluding diaryl/α,β-unsaturated/α-hetero) is 2. The fourth-order valence-corrected chi connectivity index (χ4v) is 12.0.